The summed E-state index contributed by atoms with van der Waals surface area (Å²) in [5, 5.41) is 22.9. The van der Waals surface area contributed by atoms with E-state index in [4.69, 9.17) is 10.8 Å². The molecule has 1 aromatic carbocycles. The molecule has 3 aliphatic rings. The maximum absolute atomic E-state index is 13.1. The number of carbonyl (C=O) groups is 4. The predicted octanol–water partition coefficient (Wildman–Crippen LogP) is -1.59. The number of nitrogens with two attached hydrogens (primary N) is 1. The Balaban J connectivity index is 1.57. The summed E-state index contributed by atoms with van der Waals surface area (Å²) in [7, 11) is 1.82. The Kier molecular flexibility index (Phi) is 5.49. The van der Waals surface area contributed by atoms with Gasteiger partial charge in [0.15, 0.2) is 5.84 Å². The smallest absolute Gasteiger partial charge is 0.326 e. The van der Waals surface area contributed by atoms with Crippen LogP contribution in [0.3, 0.4) is 0 Å². The summed E-state index contributed by atoms with van der Waals surface area (Å²) in [4.78, 5) is 60.1. The topological polar surface area (TPSA) is 190 Å². The van der Waals surface area contributed by atoms with E-state index in [2.05, 4.69) is 20.6 Å². The van der Waals surface area contributed by atoms with Gasteiger partial charge in [-0.3, -0.25) is 29.6 Å². The number of nitrogens with zero attached hydrogens (tertiary/aromatic N) is 4. The lowest BCUT2D eigenvalue weighted by molar-refractivity contribution is -0.140. The number of anilines is 1. The highest BCUT2D eigenvalue weighted by molar-refractivity contribution is 6.25. The van der Waals surface area contributed by atoms with Gasteiger partial charge in [-0.25, -0.2) is 4.79 Å². The molecule has 33 heavy (non-hydrogen) atoms. The number of aliphatic carboxylic acids is 2. The molecule has 1 spiro atoms. The normalized spacial score (nSPS) is 24.8. The first kappa shape index (κ1) is 22.2. The second-order valence-electron chi connectivity index (χ2n) is 8.01. The molecule has 0 aromatic heterocycles. The number of aliphatic imine (C=N–C) groups is 2. The zero-order valence-electron chi connectivity index (χ0n) is 17.7. The molecule has 1 fully saturated rings. The van der Waals surface area contributed by atoms with Crippen LogP contribution in [0.4, 0.5) is 5.69 Å². The van der Waals surface area contributed by atoms with Crippen molar-refractivity contribution in [3.63, 3.8) is 0 Å². The van der Waals surface area contributed by atoms with E-state index in [1.165, 1.54) is 12.1 Å². The van der Waals surface area contributed by atoms with E-state index in [1.807, 2.05) is 16.8 Å². The number of benzene rings is 1. The van der Waals surface area contributed by atoms with Gasteiger partial charge in [-0.05, 0) is 37.7 Å². The van der Waals surface area contributed by atoms with Crippen molar-refractivity contribution in [2.75, 3.05) is 25.0 Å². The van der Waals surface area contributed by atoms with Crippen LogP contribution < -0.4 is 21.3 Å². The number of fused-ring (bicyclic) bond motifs is 1. The second-order valence-corrected chi connectivity index (χ2v) is 8.01. The average Bonchev–Trinajstić information content (AvgIpc) is 2.93. The standard InChI is InChI=1S/C20H23N7O6/c1-26-12-8-22-17-20(26,18(33)25-19(21)24-17)27(9-12)11-4-2-10(3-5-11)15(30)23-13(16(31)32)6-7-14(28)29/h2-5,12-13H,6-9H2,1H3,(H,23,30)(H,28,29)(H,31,32)(H3,21,22,24,25,33)/t12-,13+,20+/m1/s1. The molecular formula is C20H23N7O6. The van der Waals surface area contributed by atoms with Crippen molar-refractivity contribution in [1.82, 2.24) is 15.5 Å². The first-order chi connectivity index (χ1) is 15.6. The molecule has 0 unspecified atom stereocenters. The van der Waals surface area contributed by atoms with Gasteiger partial charge in [0.1, 0.15) is 6.04 Å². The maximum Gasteiger partial charge on any atom is 0.326 e. The lowest BCUT2D eigenvalue weighted by Crippen LogP contribution is -2.72. The molecule has 3 aliphatic heterocycles. The van der Waals surface area contributed by atoms with Gasteiger partial charge >= 0.3 is 11.9 Å². The van der Waals surface area contributed by atoms with E-state index in [0.717, 1.165) is 0 Å². The van der Waals surface area contributed by atoms with Crippen LogP contribution in [0.15, 0.2) is 34.3 Å². The molecule has 0 aliphatic carbocycles. The Labute approximate surface area is 188 Å². The number of carbonyl (C=O) groups excluding carboxylic acids is 2. The molecule has 1 saturated heterocycles. The highest BCUT2D eigenvalue weighted by Crippen LogP contribution is 2.40. The van der Waals surface area contributed by atoms with E-state index in [0.29, 0.717) is 24.6 Å². The average molecular weight is 457 g/mol. The summed E-state index contributed by atoms with van der Waals surface area (Å²) in [6.45, 7) is 0.954. The minimum absolute atomic E-state index is 0.0222. The molecule has 2 bridgehead atoms. The molecule has 0 saturated carbocycles. The fourth-order valence-corrected chi connectivity index (χ4v) is 4.38. The minimum atomic E-state index is -1.33. The highest BCUT2D eigenvalue weighted by atomic mass is 16.4. The molecule has 4 rings (SSSR count). The Morgan fingerprint density at radius 3 is 2.64 bits per heavy atom. The number of nitrogens with one attached hydrogen (secondary N) is 2. The number of likely N-dealkylation sites (N-methyl/N-ethyl adjacent to an activating group) is 1. The first-order valence-corrected chi connectivity index (χ1v) is 10.2. The van der Waals surface area contributed by atoms with Gasteiger partial charge in [0.05, 0.1) is 6.54 Å². The molecule has 13 heteroatoms. The summed E-state index contributed by atoms with van der Waals surface area (Å²) in [5.74, 6) is -3.22. The van der Waals surface area contributed by atoms with Crippen LogP contribution in [0, 0.1) is 0 Å². The van der Waals surface area contributed by atoms with E-state index in [1.54, 1.807) is 12.1 Å². The summed E-state index contributed by atoms with van der Waals surface area (Å²) in [5.41, 5.74) is 5.29. The Hall–Kier alpha value is -4.00. The minimum Gasteiger partial charge on any atom is -0.481 e. The molecule has 6 N–H and O–H groups in total. The maximum atomic E-state index is 13.1. The van der Waals surface area contributed by atoms with Gasteiger partial charge in [-0.15, -0.1) is 0 Å². The van der Waals surface area contributed by atoms with Crippen molar-refractivity contribution in [1.29, 1.82) is 0 Å². The van der Waals surface area contributed by atoms with Crippen molar-refractivity contribution in [2.45, 2.75) is 30.6 Å². The third kappa shape index (κ3) is 3.65. The van der Waals surface area contributed by atoms with Crippen LogP contribution in [-0.2, 0) is 14.4 Å². The van der Waals surface area contributed by atoms with Crippen molar-refractivity contribution < 1.29 is 29.4 Å². The van der Waals surface area contributed by atoms with Gasteiger partial charge in [0, 0.05) is 30.3 Å². The molecule has 174 valence electrons. The monoisotopic (exact) mass is 457 g/mol. The van der Waals surface area contributed by atoms with E-state index >= 15 is 0 Å². The van der Waals surface area contributed by atoms with Crippen molar-refractivity contribution >= 4 is 41.2 Å². The van der Waals surface area contributed by atoms with Crippen LogP contribution in [0.1, 0.15) is 23.2 Å². The number of amides is 2. The molecule has 3 heterocycles. The fraction of sp³-hybridized carbons (Fsp3) is 0.400. The zero-order valence-corrected chi connectivity index (χ0v) is 17.7. The molecule has 3 atom stereocenters. The molecule has 1 aromatic rings. The van der Waals surface area contributed by atoms with Crippen LogP contribution in [0.5, 0.6) is 0 Å². The largest absolute Gasteiger partial charge is 0.481 e. The third-order valence-electron chi connectivity index (χ3n) is 6.08. The SMILES string of the molecule is CN1[C@@H]2CN=C3N=C(N)NC(=O)[C@@]31N(c1ccc(C(=O)N[C@@H](CCC(=O)O)C(=O)O)cc1)C2. The Morgan fingerprint density at radius 1 is 1.30 bits per heavy atom. The van der Waals surface area contributed by atoms with E-state index < -0.39 is 29.6 Å². The second kappa shape index (κ2) is 8.16. The van der Waals surface area contributed by atoms with E-state index in [9.17, 15) is 24.3 Å². The lowest BCUT2D eigenvalue weighted by atomic mass is 10.0. The number of guanidine groups is 1. The van der Waals surface area contributed by atoms with Gasteiger partial charge < -0.3 is 26.2 Å². The quantitative estimate of drug-likeness (QED) is 0.321. The summed E-state index contributed by atoms with van der Waals surface area (Å²) in [6.07, 6.45) is -0.625. The Morgan fingerprint density at radius 2 is 2.00 bits per heavy atom. The van der Waals surface area contributed by atoms with Crippen LogP contribution in [0.2, 0.25) is 0 Å². The van der Waals surface area contributed by atoms with Gasteiger partial charge in [0.25, 0.3) is 11.8 Å². The number of carboxylic acids is 2. The molecule has 0 radical (unpaired) electrons. The van der Waals surface area contributed by atoms with Crippen molar-refractivity contribution in [3.8, 4) is 0 Å². The highest BCUT2D eigenvalue weighted by Gasteiger charge is 2.62. The third-order valence-corrected chi connectivity index (χ3v) is 6.08. The van der Waals surface area contributed by atoms with Crippen LogP contribution in [-0.4, -0.2) is 88.5 Å². The predicted molar refractivity (Wildman–Crippen MR) is 116 cm³/mol. The van der Waals surface area contributed by atoms with Crippen molar-refractivity contribution in [2.24, 2.45) is 15.7 Å². The summed E-state index contributed by atoms with van der Waals surface area (Å²) >= 11 is 0. The van der Waals surface area contributed by atoms with Crippen LogP contribution in [0.25, 0.3) is 0 Å². The van der Waals surface area contributed by atoms with Gasteiger partial charge in [-0.1, -0.05) is 0 Å². The lowest BCUT2D eigenvalue weighted by Gasteiger charge is -2.44. The van der Waals surface area contributed by atoms with Crippen molar-refractivity contribution in [3.05, 3.63) is 29.8 Å². The van der Waals surface area contributed by atoms with Gasteiger partial charge in [-0.2, -0.15) is 4.99 Å². The first-order valence-electron chi connectivity index (χ1n) is 10.2. The summed E-state index contributed by atoms with van der Waals surface area (Å²) < 4.78 is 0. The summed E-state index contributed by atoms with van der Waals surface area (Å²) in [6, 6.07) is 4.97. The molecule has 13 nitrogen and oxygen atoms in total. The van der Waals surface area contributed by atoms with Crippen LogP contribution >= 0.6 is 0 Å². The number of rotatable bonds is 7. The van der Waals surface area contributed by atoms with Gasteiger partial charge in [0.2, 0.25) is 11.6 Å². The number of hydrogen-bond donors (Lipinski definition) is 5. The fourth-order valence-electron chi connectivity index (χ4n) is 4.38. The zero-order chi connectivity index (χ0) is 23.9. The number of carboxylic acid groups (broad SMARTS) is 2. The number of amidine groups is 1. The number of hydrogen-bond acceptors (Lipinski definition) is 9. The molecule has 2 amide bonds. The molecular weight excluding hydrogens is 434 g/mol. The van der Waals surface area contributed by atoms with E-state index in [-0.39, 0.29) is 36.3 Å². The Bertz CT molecular complexity index is 1080.